The van der Waals surface area contributed by atoms with Crippen LogP contribution in [0.15, 0.2) is 59.1 Å². The van der Waals surface area contributed by atoms with E-state index in [4.69, 9.17) is 21.1 Å². The summed E-state index contributed by atoms with van der Waals surface area (Å²) in [7, 11) is 4.76. The molecular weight excluding hydrogens is 508 g/mol. The number of nitrogens with zero attached hydrogens (tertiary/aromatic N) is 3. The Labute approximate surface area is 215 Å². The van der Waals surface area contributed by atoms with E-state index >= 15 is 0 Å². The average molecular weight is 529 g/mol. The molecule has 2 aromatic heterocycles. The van der Waals surface area contributed by atoms with E-state index in [-0.39, 0.29) is 11.7 Å². The Kier molecular flexibility index (Phi) is 7.74. The van der Waals surface area contributed by atoms with Crippen LogP contribution in [0.25, 0.3) is 22.5 Å². The van der Waals surface area contributed by atoms with Gasteiger partial charge in [-0.2, -0.15) is 0 Å². The molecule has 0 atom stereocenters. The molecule has 35 heavy (non-hydrogen) atoms. The van der Waals surface area contributed by atoms with Gasteiger partial charge in [-0.1, -0.05) is 35.5 Å². The minimum atomic E-state index is -0.531. The number of benzene rings is 2. The summed E-state index contributed by atoms with van der Waals surface area (Å²) in [5.41, 5.74) is 2.65. The Morgan fingerprint density at radius 1 is 1.06 bits per heavy atom. The molecule has 2 aromatic carbocycles. The standard InChI is InChI=1S/C24H21ClN4O4S2/c1-29-21(15-6-10-17(32-2)11-7-15)27-28-24(29)35-13-19(30)26-22-20(23(31)33-3)18(12-34-22)14-4-8-16(25)9-5-14/h4-12H,13H2,1-3H3,(H,26,30). The van der Waals surface area contributed by atoms with Crippen molar-refractivity contribution in [2.24, 2.45) is 7.05 Å². The number of rotatable bonds is 8. The molecule has 0 spiro atoms. The van der Waals surface area contributed by atoms with Gasteiger partial charge in [0.05, 0.1) is 20.0 Å². The van der Waals surface area contributed by atoms with Crippen LogP contribution < -0.4 is 10.1 Å². The lowest BCUT2D eigenvalue weighted by atomic mass is 10.0. The van der Waals surface area contributed by atoms with Crippen molar-refractivity contribution in [3.8, 4) is 28.3 Å². The van der Waals surface area contributed by atoms with Gasteiger partial charge >= 0.3 is 5.97 Å². The van der Waals surface area contributed by atoms with Crippen molar-refractivity contribution in [1.29, 1.82) is 0 Å². The van der Waals surface area contributed by atoms with Gasteiger partial charge in [0, 0.05) is 28.6 Å². The van der Waals surface area contributed by atoms with Crippen molar-refractivity contribution in [3.05, 3.63) is 64.5 Å². The number of halogens is 1. The second kappa shape index (κ2) is 10.9. The number of methoxy groups -OCH3 is 2. The number of aromatic nitrogens is 3. The SMILES string of the molecule is COC(=O)c1c(-c2ccc(Cl)cc2)csc1NC(=O)CSc1nnc(-c2ccc(OC)cc2)n1C. The Morgan fingerprint density at radius 3 is 2.40 bits per heavy atom. The minimum absolute atomic E-state index is 0.0867. The Balaban J connectivity index is 1.47. The smallest absolute Gasteiger partial charge is 0.341 e. The maximum absolute atomic E-state index is 12.7. The number of amides is 1. The number of esters is 1. The molecule has 4 aromatic rings. The monoisotopic (exact) mass is 528 g/mol. The van der Waals surface area contributed by atoms with Crippen molar-refractivity contribution in [2.45, 2.75) is 5.16 Å². The zero-order chi connectivity index (χ0) is 24.9. The number of nitrogens with one attached hydrogen (secondary N) is 1. The number of thiophene rings is 1. The van der Waals surface area contributed by atoms with Gasteiger partial charge in [-0.25, -0.2) is 4.79 Å². The largest absolute Gasteiger partial charge is 0.497 e. The summed E-state index contributed by atoms with van der Waals surface area (Å²) in [6, 6.07) is 14.6. The van der Waals surface area contributed by atoms with Gasteiger partial charge in [-0.15, -0.1) is 21.5 Å². The van der Waals surface area contributed by atoms with E-state index in [1.165, 1.54) is 30.2 Å². The van der Waals surface area contributed by atoms with E-state index in [0.717, 1.165) is 16.9 Å². The predicted molar refractivity (Wildman–Crippen MR) is 138 cm³/mol. The van der Waals surface area contributed by atoms with Crippen molar-refractivity contribution >= 4 is 51.6 Å². The van der Waals surface area contributed by atoms with Gasteiger partial charge in [0.15, 0.2) is 11.0 Å². The van der Waals surface area contributed by atoms with Gasteiger partial charge in [-0.3, -0.25) is 4.79 Å². The highest BCUT2D eigenvalue weighted by molar-refractivity contribution is 7.99. The van der Waals surface area contributed by atoms with E-state index in [2.05, 4.69) is 15.5 Å². The van der Waals surface area contributed by atoms with Gasteiger partial charge in [0.1, 0.15) is 16.3 Å². The first-order valence-corrected chi connectivity index (χ1v) is 12.6. The zero-order valence-corrected chi connectivity index (χ0v) is 21.5. The van der Waals surface area contributed by atoms with Crippen LogP contribution in [0.5, 0.6) is 5.75 Å². The van der Waals surface area contributed by atoms with E-state index in [9.17, 15) is 9.59 Å². The van der Waals surface area contributed by atoms with E-state index in [1.54, 1.807) is 19.2 Å². The Morgan fingerprint density at radius 2 is 1.74 bits per heavy atom. The first-order valence-electron chi connectivity index (χ1n) is 10.3. The van der Waals surface area contributed by atoms with E-state index in [0.29, 0.717) is 32.1 Å². The molecule has 180 valence electrons. The van der Waals surface area contributed by atoms with Crippen LogP contribution in [0.4, 0.5) is 5.00 Å². The maximum Gasteiger partial charge on any atom is 0.341 e. The molecule has 0 aliphatic heterocycles. The zero-order valence-electron chi connectivity index (χ0n) is 19.1. The van der Waals surface area contributed by atoms with Crippen molar-refractivity contribution in [2.75, 3.05) is 25.3 Å². The van der Waals surface area contributed by atoms with Gasteiger partial charge in [0.2, 0.25) is 5.91 Å². The summed E-state index contributed by atoms with van der Waals surface area (Å²) in [5, 5.41) is 14.7. The molecule has 0 unspecified atom stereocenters. The summed E-state index contributed by atoms with van der Waals surface area (Å²) in [6.45, 7) is 0. The van der Waals surface area contributed by atoms with Crippen LogP contribution in [0.2, 0.25) is 5.02 Å². The molecule has 0 saturated carbocycles. The molecule has 0 aliphatic carbocycles. The van der Waals surface area contributed by atoms with Gasteiger partial charge < -0.3 is 19.4 Å². The number of anilines is 1. The van der Waals surface area contributed by atoms with Crippen LogP contribution in [-0.4, -0.2) is 46.6 Å². The summed E-state index contributed by atoms with van der Waals surface area (Å²) in [6.07, 6.45) is 0. The first kappa shape index (κ1) is 24.8. The van der Waals surface area contributed by atoms with Gasteiger partial charge in [0.25, 0.3) is 0 Å². The normalized spacial score (nSPS) is 10.7. The molecule has 0 fully saturated rings. The quantitative estimate of drug-likeness (QED) is 0.242. The molecular formula is C24H21ClN4O4S2. The Hall–Kier alpha value is -3.34. The maximum atomic E-state index is 12.7. The number of hydrogen-bond donors (Lipinski definition) is 1. The summed E-state index contributed by atoms with van der Waals surface area (Å²) in [4.78, 5) is 25.2. The lowest BCUT2D eigenvalue weighted by Crippen LogP contribution is -2.16. The second-order valence-corrected chi connectivity index (χ2v) is 9.54. The highest BCUT2D eigenvalue weighted by atomic mass is 35.5. The number of hydrogen-bond acceptors (Lipinski definition) is 8. The molecule has 0 aliphatic rings. The number of carbonyl (C=O) groups excluding carboxylic acids is 2. The van der Waals surface area contributed by atoms with Crippen LogP contribution in [0.1, 0.15) is 10.4 Å². The van der Waals surface area contributed by atoms with Gasteiger partial charge in [-0.05, 0) is 42.0 Å². The van der Waals surface area contributed by atoms with Crippen LogP contribution in [0.3, 0.4) is 0 Å². The highest BCUT2D eigenvalue weighted by Crippen LogP contribution is 2.37. The third kappa shape index (κ3) is 5.50. The molecule has 2 heterocycles. The van der Waals surface area contributed by atoms with Crippen LogP contribution in [0, 0.1) is 0 Å². The molecule has 4 rings (SSSR count). The third-order valence-corrected chi connectivity index (χ3v) is 7.27. The molecule has 1 amide bonds. The van der Waals surface area contributed by atoms with E-state index < -0.39 is 5.97 Å². The van der Waals surface area contributed by atoms with Crippen molar-refractivity contribution in [1.82, 2.24) is 14.8 Å². The summed E-state index contributed by atoms with van der Waals surface area (Å²) < 4.78 is 12.0. The molecule has 11 heteroatoms. The molecule has 0 saturated heterocycles. The summed E-state index contributed by atoms with van der Waals surface area (Å²) >= 11 is 8.49. The van der Waals surface area contributed by atoms with Crippen LogP contribution in [-0.2, 0) is 16.6 Å². The first-order chi connectivity index (χ1) is 16.9. The van der Waals surface area contributed by atoms with Crippen molar-refractivity contribution < 1.29 is 19.1 Å². The van der Waals surface area contributed by atoms with E-state index in [1.807, 2.05) is 53.4 Å². The molecule has 1 N–H and O–H groups in total. The number of thioether (sulfide) groups is 1. The lowest BCUT2D eigenvalue weighted by molar-refractivity contribution is -0.113. The third-order valence-electron chi connectivity index (χ3n) is 5.10. The molecule has 0 bridgehead atoms. The topological polar surface area (TPSA) is 95.3 Å². The summed E-state index contributed by atoms with van der Waals surface area (Å²) in [5.74, 6) is 0.703. The van der Waals surface area contributed by atoms with Crippen LogP contribution >= 0.6 is 34.7 Å². The fourth-order valence-electron chi connectivity index (χ4n) is 3.32. The fraction of sp³-hybridized carbons (Fsp3) is 0.167. The number of ether oxygens (including phenoxy) is 2. The second-order valence-electron chi connectivity index (χ2n) is 7.28. The lowest BCUT2D eigenvalue weighted by Gasteiger charge is -2.08. The average Bonchev–Trinajstić information content (AvgIpc) is 3.46. The Bertz CT molecular complexity index is 1350. The molecule has 8 nitrogen and oxygen atoms in total. The predicted octanol–water partition coefficient (Wildman–Crippen LogP) is 5.39. The number of carbonyl (C=O) groups is 2. The minimum Gasteiger partial charge on any atom is -0.497 e. The highest BCUT2D eigenvalue weighted by Gasteiger charge is 2.23. The molecule has 0 radical (unpaired) electrons. The fourth-order valence-corrected chi connectivity index (χ4v) is 5.13. The van der Waals surface area contributed by atoms with Crippen molar-refractivity contribution in [3.63, 3.8) is 0 Å².